The van der Waals surface area contributed by atoms with Crippen LogP contribution >= 0.6 is 0 Å². The first-order valence-corrected chi connectivity index (χ1v) is 8.88. The van der Waals surface area contributed by atoms with E-state index in [-0.39, 0.29) is 17.9 Å². The molecule has 2 aromatic carbocycles. The lowest BCUT2D eigenvalue weighted by atomic mass is 9.95. The molecule has 142 valence electrons. The fourth-order valence-electron chi connectivity index (χ4n) is 2.99. The average Bonchev–Trinajstić information content (AvgIpc) is 2.70. The Hall–Kier alpha value is -3.02. The first-order valence-electron chi connectivity index (χ1n) is 8.88. The standard InChI is InChI=1S/C21H23NO5/c1-13(2)19(16-8-9-17-18(12-16)27-11-10-26-17)22-20(23)14-4-6-15(7-5-14)21(24)25-3/h4-9,12-13,19H,10-11H2,1-3H3,(H,22,23)/t19-/m0/s1. The van der Waals surface area contributed by atoms with E-state index in [0.717, 1.165) is 11.3 Å². The predicted octanol–water partition coefficient (Wildman–Crippen LogP) is 3.37. The van der Waals surface area contributed by atoms with Crippen LogP contribution in [-0.4, -0.2) is 32.2 Å². The average molecular weight is 369 g/mol. The molecule has 27 heavy (non-hydrogen) atoms. The van der Waals surface area contributed by atoms with Gasteiger partial charge in [-0.1, -0.05) is 19.9 Å². The molecule has 1 atom stereocenters. The van der Waals surface area contributed by atoms with Crippen molar-refractivity contribution in [2.24, 2.45) is 5.92 Å². The van der Waals surface area contributed by atoms with E-state index in [9.17, 15) is 9.59 Å². The second-order valence-corrected chi connectivity index (χ2v) is 6.67. The SMILES string of the molecule is COC(=O)c1ccc(C(=O)N[C@H](c2ccc3c(c2)OCCO3)C(C)C)cc1. The highest BCUT2D eigenvalue weighted by molar-refractivity contribution is 5.96. The number of methoxy groups -OCH3 is 1. The summed E-state index contributed by atoms with van der Waals surface area (Å²) in [6.45, 7) is 5.14. The quantitative estimate of drug-likeness (QED) is 0.818. The monoisotopic (exact) mass is 369 g/mol. The molecular weight excluding hydrogens is 346 g/mol. The van der Waals surface area contributed by atoms with Gasteiger partial charge in [-0.3, -0.25) is 4.79 Å². The van der Waals surface area contributed by atoms with Gasteiger partial charge in [-0.05, 0) is 47.9 Å². The number of carbonyl (C=O) groups excluding carboxylic acids is 2. The summed E-state index contributed by atoms with van der Waals surface area (Å²) in [6, 6.07) is 11.9. The molecule has 0 saturated carbocycles. The summed E-state index contributed by atoms with van der Waals surface area (Å²) in [7, 11) is 1.32. The lowest BCUT2D eigenvalue weighted by molar-refractivity contribution is 0.0600. The minimum Gasteiger partial charge on any atom is -0.486 e. The number of hydrogen-bond donors (Lipinski definition) is 1. The van der Waals surface area contributed by atoms with Crippen LogP contribution in [-0.2, 0) is 4.74 Å². The molecule has 0 saturated heterocycles. The fourth-order valence-corrected chi connectivity index (χ4v) is 2.99. The van der Waals surface area contributed by atoms with Gasteiger partial charge in [-0.2, -0.15) is 0 Å². The summed E-state index contributed by atoms with van der Waals surface area (Å²) in [6.07, 6.45) is 0. The number of amides is 1. The summed E-state index contributed by atoms with van der Waals surface area (Å²) < 4.78 is 15.9. The van der Waals surface area contributed by atoms with Crippen molar-refractivity contribution in [2.45, 2.75) is 19.9 Å². The van der Waals surface area contributed by atoms with E-state index in [2.05, 4.69) is 10.1 Å². The van der Waals surface area contributed by atoms with Crippen LogP contribution in [0.3, 0.4) is 0 Å². The number of esters is 1. The van der Waals surface area contributed by atoms with Crippen LogP contribution in [0.2, 0.25) is 0 Å². The Labute approximate surface area is 158 Å². The largest absolute Gasteiger partial charge is 0.486 e. The third kappa shape index (κ3) is 4.22. The van der Waals surface area contributed by atoms with Crippen LogP contribution in [0.5, 0.6) is 11.5 Å². The second kappa shape index (κ2) is 8.12. The van der Waals surface area contributed by atoms with Crippen molar-refractivity contribution < 1.29 is 23.8 Å². The highest BCUT2D eigenvalue weighted by atomic mass is 16.6. The Morgan fingerprint density at radius 1 is 0.963 bits per heavy atom. The van der Waals surface area contributed by atoms with Crippen LogP contribution in [0.25, 0.3) is 0 Å². The summed E-state index contributed by atoms with van der Waals surface area (Å²) in [5, 5.41) is 3.07. The topological polar surface area (TPSA) is 73.9 Å². The van der Waals surface area contributed by atoms with Gasteiger partial charge in [0.1, 0.15) is 13.2 Å². The van der Waals surface area contributed by atoms with Crippen molar-refractivity contribution in [1.29, 1.82) is 0 Å². The third-order valence-corrected chi connectivity index (χ3v) is 4.45. The Balaban J connectivity index is 1.78. The molecule has 0 spiro atoms. The van der Waals surface area contributed by atoms with E-state index >= 15 is 0 Å². The number of ether oxygens (including phenoxy) is 3. The van der Waals surface area contributed by atoms with Gasteiger partial charge < -0.3 is 19.5 Å². The van der Waals surface area contributed by atoms with Crippen LogP contribution in [0.1, 0.15) is 46.2 Å². The fraction of sp³-hybridized carbons (Fsp3) is 0.333. The smallest absolute Gasteiger partial charge is 0.337 e. The third-order valence-electron chi connectivity index (χ3n) is 4.45. The zero-order chi connectivity index (χ0) is 19.4. The van der Waals surface area contributed by atoms with Crippen molar-refractivity contribution in [2.75, 3.05) is 20.3 Å². The highest BCUT2D eigenvalue weighted by Crippen LogP contribution is 2.34. The highest BCUT2D eigenvalue weighted by Gasteiger charge is 2.22. The molecule has 1 heterocycles. The number of hydrogen-bond acceptors (Lipinski definition) is 5. The lowest BCUT2D eigenvalue weighted by Gasteiger charge is -2.25. The van der Waals surface area contributed by atoms with E-state index in [1.165, 1.54) is 7.11 Å². The molecule has 6 nitrogen and oxygen atoms in total. The molecule has 3 rings (SSSR count). The van der Waals surface area contributed by atoms with Crippen molar-refractivity contribution in [3.05, 3.63) is 59.2 Å². The molecular formula is C21H23NO5. The van der Waals surface area contributed by atoms with E-state index < -0.39 is 5.97 Å². The summed E-state index contributed by atoms with van der Waals surface area (Å²) in [5.74, 6) is 0.947. The molecule has 1 N–H and O–H groups in total. The maximum Gasteiger partial charge on any atom is 0.337 e. The molecule has 0 radical (unpaired) electrons. The van der Waals surface area contributed by atoms with Gasteiger partial charge in [-0.25, -0.2) is 4.79 Å². The normalized spacial score (nSPS) is 13.8. The summed E-state index contributed by atoms with van der Waals surface area (Å²) in [4.78, 5) is 24.2. The van der Waals surface area contributed by atoms with Crippen LogP contribution in [0.15, 0.2) is 42.5 Å². The van der Waals surface area contributed by atoms with E-state index in [0.29, 0.717) is 30.1 Å². The maximum atomic E-state index is 12.7. The number of carbonyl (C=O) groups is 2. The zero-order valence-corrected chi connectivity index (χ0v) is 15.7. The molecule has 0 aliphatic carbocycles. The van der Waals surface area contributed by atoms with Gasteiger partial charge in [0.25, 0.3) is 5.91 Å². The Morgan fingerprint density at radius 3 is 2.22 bits per heavy atom. The van der Waals surface area contributed by atoms with E-state index in [1.54, 1.807) is 24.3 Å². The van der Waals surface area contributed by atoms with Crippen molar-refractivity contribution in [1.82, 2.24) is 5.32 Å². The number of rotatable bonds is 5. The molecule has 0 fully saturated rings. The molecule has 1 aliphatic heterocycles. The minimum atomic E-state index is -0.432. The molecule has 1 aliphatic rings. The van der Waals surface area contributed by atoms with Crippen molar-refractivity contribution >= 4 is 11.9 Å². The number of fused-ring (bicyclic) bond motifs is 1. The Morgan fingerprint density at radius 2 is 1.59 bits per heavy atom. The summed E-state index contributed by atoms with van der Waals surface area (Å²) in [5.41, 5.74) is 1.83. The summed E-state index contributed by atoms with van der Waals surface area (Å²) >= 11 is 0. The molecule has 2 aromatic rings. The first-order chi connectivity index (χ1) is 13.0. The minimum absolute atomic E-state index is 0.172. The van der Waals surface area contributed by atoms with Crippen LogP contribution < -0.4 is 14.8 Å². The van der Waals surface area contributed by atoms with Crippen LogP contribution in [0, 0.1) is 5.92 Å². The van der Waals surface area contributed by atoms with Crippen LogP contribution in [0.4, 0.5) is 0 Å². The Bertz CT molecular complexity index is 829. The second-order valence-electron chi connectivity index (χ2n) is 6.67. The number of benzene rings is 2. The van der Waals surface area contributed by atoms with Crippen molar-refractivity contribution in [3.63, 3.8) is 0 Å². The van der Waals surface area contributed by atoms with Gasteiger partial charge in [0.05, 0.1) is 18.7 Å². The zero-order valence-electron chi connectivity index (χ0n) is 15.7. The molecule has 0 bridgehead atoms. The van der Waals surface area contributed by atoms with Gasteiger partial charge in [0.15, 0.2) is 11.5 Å². The van der Waals surface area contributed by atoms with Gasteiger partial charge in [0.2, 0.25) is 0 Å². The van der Waals surface area contributed by atoms with Gasteiger partial charge in [0, 0.05) is 5.56 Å². The van der Waals surface area contributed by atoms with Gasteiger partial charge >= 0.3 is 5.97 Å². The van der Waals surface area contributed by atoms with Gasteiger partial charge in [-0.15, -0.1) is 0 Å². The molecule has 1 amide bonds. The van der Waals surface area contributed by atoms with E-state index in [4.69, 9.17) is 9.47 Å². The van der Waals surface area contributed by atoms with Crippen molar-refractivity contribution in [3.8, 4) is 11.5 Å². The first kappa shape index (κ1) is 18.8. The van der Waals surface area contributed by atoms with E-state index in [1.807, 2.05) is 32.0 Å². The maximum absolute atomic E-state index is 12.7. The molecule has 0 aromatic heterocycles. The number of nitrogens with one attached hydrogen (secondary N) is 1. The predicted molar refractivity (Wildman–Crippen MR) is 100 cm³/mol. The molecule has 6 heteroatoms. The lowest BCUT2D eigenvalue weighted by Crippen LogP contribution is -2.32. The molecule has 0 unspecified atom stereocenters. The Kier molecular flexibility index (Phi) is 5.64.